The number of carbonyl (C=O) groups is 1. The van der Waals surface area contributed by atoms with Crippen molar-refractivity contribution in [2.75, 3.05) is 7.11 Å². The summed E-state index contributed by atoms with van der Waals surface area (Å²) in [6.07, 6.45) is -1.83. The van der Waals surface area contributed by atoms with E-state index in [1.54, 1.807) is 30.3 Å². The zero-order valence-electron chi connectivity index (χ0n) is 25.3. The topological polar surface area (TPSA) is 113 Å². The van der Waals surface area contributed by atoms with Crippen molar-refractivity contribution in [1.82, 2.24) is 3.97 Å². The van der Waals surface area contributed by atoms with Crippen LogP contribution in [0.3, 0.4) is 0 Å². The number of alkyl halides is 2. The maximum absolute atomic E-state index is 15.0. The predicted octanol–water partition coefficient (Wildman–Crippen LogP) is 8.72. The van der Waals surface area contributed by atoms with Gasteiger partial charge in [-0.2, -0.15) is 10.5 Å². The Labute approximate surface area is 279 Å². The Bertz CT molecular complexity index is 2280. The van der Waals surface area contributed by atoms with Gasteiger partial charge >= 0.3 is 5.97 Å². The monoisotopic (exact) mass is 687 g/mol. The second kappa shape index (κ2) is 12.5. The van der Waals surface area contributed by atoms with Crippen LogP contribution in [0.5, 0.6) is 0 Å². The van der Waals surface area contributed by atoms with E-state index in [0.717, 1.165) is 16.1 Å². The van der Waals surface area contributed by atoms with Gasteiger partial charge in [0.1, 0.15) is 5.82 Å². The Hall–Kier alpha value is -5.10. The summed E-state index contributed by atoms with van der Waals surface area (Å²) in [6, 6.07) is 23.3. The molecule has 7 nitrogen and oxygen atoms in total. The number of aromatic nitrogens is 1. The number of rotatable bonds is 6. The molecule has 1 aliphatic carbocycles. The minimum absolute atomic E-state index is 0.0243. The summed E-state index contributed by atoms with van der Waals surface area (Å²) in [5, 5.41) is 19.4. The number of nitriles is 2. The van der Waals surface area contributed by atoms with Crippen LogP contribution in [0, 0.1) is 28.5 Å². The number of fused-ring (bicyclic) bond motifs is 1. The van der Waals surface area contributed by atoms with Crippen LogP contribution >= 0.6 is 11.6 Å². The van der Waals surface area contributed by atoms with Crippen molar-refractivity contribution in [2.45, 2.75) is 36.9 Å². The Morgan fingerprint density at radius 1 is 0.917 bits per heavy atom. The van der Waals surface area contributed by atoms with Gasteiger partial charge in [0.25, 0.3) is 0 Å². The Kier molecular flexibility index (Phi) is 8.54. The highest BCUT2D eigenvalue weighted by Gasteiger charge is 2.42. The first-order valence-electron chi connectivity index (χ1n) is 14.8. The van der Waals surface area contributed by atoms with Crippen LogP contribution in [-0.2, 0) is 14.8 Å². The van der Waals surface area contributed by atoms with Gasteiger partial charge in [-0.3, -0.25) is 0 Å². The van der Waals surface area contributed by atoms with Crippen molar-refractivity contribution < 1.29 is 31.1 Å². The summed E-state index contributed by atoms with van der Waals surface area (Å²) < 4.78 is 78.4. The molecule has 0 spiro atoms. The SMILES string of the molecule is COC(=O)c1ccc(-c2cccc(-c3c(-c4c(C#N)cccc4C#N)c4cc(F)ccc4n3S(=O)(=O)C3CCC(F)(F)CC3)c2)c(Cl)c1. The first kappa shape index (κ1) is 32.8. The predicted molar refractivity (Wildman–Crippen MR) is 176 cm³/mol. The number of esters is 1. The molecule has 1 aliphatic rings. The highest BCUT2D eigenvalue weighted by molar-refractivity contribution is 7.90. The third kappa shape index (κ3) is 5.70. The molecular formula is C36H25ClF3N3O4S. The molecule has 12 heteroatoms. The van der Waals surface area contributed by atoms with E-state index in [9.17, 15) is 32.5 Å². The third-order valence-corrected chi connectivity index (χ3v) is 11.1. The number of benzene rings is 4. The normalized spacial score (nSPS) is 14.7. The Morgan fingerprint density at radius 3 is 2.19 bits per heavy atom. The van der Waals surface area contributed by atoms with Crippen molar-refractivity contribution in [3.05, 3.63) is 106 Å². The molecule has 0 bridgehead atoms. The lowest BCUT2D eigenvalue weighted by Gasteiger charge is -2.29. The maximum atomic E-state index is 15.0. The van der Waals surface area contributed by atoms with E-state index in [1.807, 2.05) is 0 Å². The molecule has 0 amide bonds. The van der Waals surface area contributed by atoms with Gasteiger partial charge in [-0.25, -0.2) is 30.4 Å². The van der Waals surface area contributed by atoms with Crippen molar-refractivity contribution in [1.29, 1.82) is 10.5 Å². The van der Waals surface area contributed by atoms with Crippen LogP contribution in [-0.4, -0.2) is 36.6 Å². The average Bonchev–Trinajstić information content (AvgIpc) is 3.41. The molecule has 5 aromatic rings. The molecule has 6 rings (SSSR count). The second-order valence-corrected chi connectivity index (χ2v) is 13.9. The van der Waals surface area contributed by atoms with Gasteiger partial charge in [0, 0.05) is 45.5 Å². The zero-order chi connectivity index (χ0) is 34.4. The lowest BCUT2D eigenvalue weighted by molar-refractivity contribution is -0.0329. The molecule has 1 saturated carbocycles. The molecule has 1 heterocycles. The molecule has 48 heavy (non-hydrogen) atoms. The molecule has 242 valence electrons. The first-order valence-corrected chi connectivity index (χ1v) is 16.7. The molecule has 0 radical (unpaired) electrons. The fourth-order valence-electron chi connectivity index (χ4n) is 6.31. The summed E-state index contributed by atoms with van der Waals surface area (Å²) in [4.78, 5) is 12.1. The average molecular weight is 688 g/mol. The number of carbonyl (C=O) groups excluding carboxylic acids is 1. The molecule has 0 unspecified atom stereocenters. The minimum Gasteiger partial charge on any atom is -0.465 e. The highest BCUT2D eigenvalue weighted by Crippen LogP contribution is 2.47. The second-order valence-electron chi connectivity index (χ2n) is 11.5. The number of halogens is 4. The third-order valence-electron chi connectivity index (χ3n) is 8.62. The van der Waals surface area contributed by atoms with Crippen LogP contribution in [0.1, 0.15) is 47.2 Å². The minimum atomic E-state index is -4.44. The Balaban J connectivity index is 1.70. The van der Waals surface area contributed by atoms with Crippen molar-refractivity contribution >= 4 is 38.5 Å². The van der Waals surface area contributed by atoms with Gasteiger partial charge in [-0.05, 0) is 66.9 Å². The molecule has 0 saturated heterocycles. The summed E-state index contributed by atoms with van der Waals surface area (Å²) in [5.41, 5.74) is 1.92. The van der Waals surface area contributed by atoms with Gasteiger partial charge < -0.3 is 4.74 Å². The number of ether oxygens (including phenoxy) is 1. The lowest BCUT2D eigenvalue weighted by atomic mass is 9.90. The van der Waals surface area contributed by atoms with Gasteiger partial charge in [-0.1, -0.05) is 41.9 Å². The summed E-state index contributed by atoms with van der Waals surface area (Å²) in [6.45, 7) is 0. The van der Waals surface area contributed by atoms with E-state index in [1.165, 1.54) is 43.5 Å². The number of methoxy groups -OCH3 is 1. The van der Waals surface area contributed by atoms with Gasteiger partial charge in [-0.15, -0.1) is 0 Å². The van der Waals surface area contributed by atoms with Gasteiger partial charge in [0.05, 0.1) is 52.4 Å². The van der Waals surface area contributed by atoms with E-state index in [-0.39, 0.29) is 62.3 Å². The maximum Gasteiger partial charge on any atom is 0.337 e. The van der Waals surface area contributed by atoms with Crippen LogP contribution in [0.25, 0.3) is 44.4 Å². The zero-order valence-corrected chi connectivity index (χ0v) is 26.9. The number of hydrogen-bond acceptors (Lipinski definition) is 6. The van der Waals surface area contributed by atoms with Gasteiger partial charge in [0.15, 0.2) is 0 Å². The number of hydrogen-bond donors (Lipinski definition) is 0. The highest BCUT2D eigenvalue weighted by atomic mass is 35.5. The van der Waals surface area contributed by atoms with Crippen LogP contribution in [0.2, 0.25) is 5.02 Å². The van der Waals surface area contributed by atoms with E-state index < -0.39 is 45.8 Å². The fourth-order valence-corrected chi connectivity index (χ4v) is 8.61. The first-order chi connectivity index (χ1) is 22.9. The molecular weight excluding hydrogens is 663 g/mol. The quantitative estimate of drug-likeness (QED) is 0.165. The van der Waals surface area contributed by atoms with E-state index in [2.05, 4.69) is 12.1 Å². The van der Waals surface area contributed by atoms with Gasteiger partial charge in [0.2, 0.25) is 15.9 Å². The molecule has 0 aliphatic heterocycles. The Morgan fingerprint density at radius 2 is 1.56 bits per heavy atom. The van der Waals surface area contributed by atoms with Crippen LogP contribution < -0.4 is 0 Å². The van der Waals surface area contributed by atoms with E-state index >= 15 is 4.39 Å². The molecule has 0 atom stereocenters. The molecule has 1 aromatic heterocycles. The lowest BCUT2D eigenvalue weighted by Crippen LogP contribution is -2.35. The molecule has 4 aromatic carbocycles. The van der Waals surface area contributed by atoms with E-state index in [4.69, 9.17) is 16.3 Å². The standard InChI is InChI=1S/C36H25ClF3N3O4S/c1-47-35(44)23-8-10-28(30(37)17-23)21-4-2-5-22(16-21)34-33(32-24(19-41)6-3-7-25(32)20-42)29-18-26(38)9-11-31(29)43(34)48(45,46)27-12-14-36(39,40)15-13-27/h2-11,16-18,27H,12-15H2,1H3. The summed E-state index contributed by atoms with van der Waals surface area (Å²) in [7, 11) is -3.20. The largest absolute Gasteiger partial charge is 0.465 e. The summed E-state index contributed by atoms with van der Waals surface area (Å²) in [5.74, 6) is -4.28. The molecule has 1 fully saturated rings. The number of nitrogens with zero attached hydrogens (tertiary/aromatic N) is 3. The summed E-state index contributed by atoms with van der Waals surface area (Å²) >= 11 is 6.60. The fraction of sp³-hybridized carbons (Fsp3) is 0.194. The van der Waals surface area contributed by atoms with Crippen LogP contribution in [0.15, 0.2) is 78.9 Å². The van der Waals surface area contributed by atoms with E-state index in [0.29, 0.717) is 16.7 Å². The smallest absolute Gasteiger partial charge is 0.337 e. The van der Waals surface area contributed by atoms with Crippen LogP contribution in [0.4, 0.5) is 13.2 Å². The van der Waals surface area contributed by atoms with Crippen molar-refractivity contribution in [3.8, 4) is 45.6 Å². The molecule has 0 N–H and O–H groups in total. The van der Waals surface area contributed by atoms with Crippen molar-refractivity contribution in [3.63, 3.8) is 0 Å². The van der Waals surface area contributed by atoms with Crippen molar-refractivity contribution in [2.24, 2.45) is 0 Å².